The average molecular weight is 286 g/mol. The van der Waals surface area contributed by atoms with Crippen LogP contribution in [0.25, 0.3) is 0 Å². The van der Waals surface area contributed by atoms with Crippen LogP contribution in [0.2, 0.25) is 5.02 Å². The van der Waals surface area contributed by atoms with Crippen molar-refractivity contribution in [1.82, 2.24) is 5.32 Å². The largest absolute Gasteiger partial charge is 0.349 e. The van der Waals surface area contributed by atoms with Crippen LogP contribution in [0.15, 0.2) is 18.2 Å². The Morgan fingerprint density at radius 2 is 2.22 bits per heavy atom. The van der Waals surface area contributed by atoms with E-state index >= 15 is 0 Å². The maximum atomic E-state index is 12.2. The molecule has 1 aliphatic carbocycles. The molecule has 0 radical (unpaired) electrons. The summed E-state index contributed by atoms with van der Waals surface area (Å²) >= 11 is 12.1. The van der Waals surface area contributed by atoms with Gasteiger partial charge in [0.25, 0.3) is 5.91 Å². The van der Waals surface area contributed by atoms with Crippen LogP contribution >= 0.6 is 23.2 Å². The number of aryl methyl sites for hydroxylation is 1. The van der Waals surface area contributed by atoms with Crippen molar-refractivity contribution in [1.29, 1.82) is 0 Å². The normalized spacial score (nSPS) is 23.1. The van der Waals surface area contributed by atoms with Gasteiger partial charge in [0.15, 0.2) is 0 Å². The maximum Gasteiger partial charge on any atom is 0.253 e. The Bertz CT molecular complexity index is 447. The molecule has 1 fully saturated rings. The molecule has 4 heteroatoms. The van der Waals surface area contributed by atoms with Gasteiger partial charge in [0, 0.05) is 11.9 Å². The number of hydrogen-bond acceptors (Lipinski definition) is 1. The highest BCUT2D eigenvalue weighted by molar-refractivity contribution is 6.34. The second-order valence-corrected chi connectivity index (χ2v) is 5.55. The van der Waals surface area contributed by atoms with Crippen molar-refractivity contribution < 1.29 is 4.79 Å². The topological polar surface area (TPSA) is 29.1 Å². The number of amides is 1. The minimum atomic E-state index is -0.0919. The Morgan fingerprint density at radius 1 is 1.44 bits per heavy atom. The summed E-state index contributed by atoms with van der Waals surface area (Å²) in [6, 6.07) is 5.70. The average Bonchev–Trinajstić information content (AvgIpc) is 2.79. The van der Waals surface area contributed by atoms with Crippen molar-refractivity contribution in [3.63, 3.8) is 0 Å². The molecule has 0 aromatic heterocycles. The van der Waals surface area contributed by atoms with Gasteiger partial charge in [0.2, 0.25) is 0 Å². The first kappa shape index (κ1) is 13.7. The maximum absolute atomic E-state index is 12.2. The van der Waals surface area contributed by atoms with Gasteiger partial charge in [-0.05, 0) is 37.3 Å². The molecule has 1 amide bonds. The second-order valence-electron chi connectivity index (χ2n) is 4.86. The van der Waals surface area contributed by atoms with E-state index in [1.807, 2.05) is 19.1 Å². The Balaban J connectivity index is 2.10. The number of benzene rings is 1. The van der Waals surface area contributed by atoms with E-state index in [0.717, 1.165) is 24.8 Å². The molecule has 98 valence electrons. The summed E-state index contributed by atoms with van der Waals surface area (Å²) in [4.78, 5) is 12.2. The van der Waals surface area contributed by atoms with Crippen molar-refractivity contribution >= 4 is 29.1 Å². The van der Waals surface area contributed by atoms with E-state index in [4.69, 9.17) is 23.2 Å². The molecule has 2 rings (SSSR count). The van der Waals surface area contributed by atoms with E-state index in [-0.39, 0.29) is 11.9 Å². The number of alkyl halides is 1. The number of nitrogens with one attached hydrogen (secondary N) is 1. The molecule has 18 heavy (non-hydrogen) atoms. The zero-order valence-electron chi connectivity index (χ0n) is 10.4. The van der Waals surface area contributed by atoms with Gasteiger partial charge < -0.3 is 5.32 Å². The molecule has 1 aliphatic rings. The van der Waals surface area contributed by atoms with Crippen LogP contribution in [-0.2, 0) is 0 Å². The zero-order chi connectivity index (χ0) is 13.1. The first-order chi connectivity index (χ1) is 8.63. The van der Waals surface area contributed by atoms with Crippen LogP contribution in [0.1, 0.15) is 35.2 Å². The molecule has 0 bridgehead atoms. The first-order valence-electron chi connectivity index (χ1n) is 6.25. The monoisotopic (exact) mass is 285 g/mol. The van der Waals surface area contributed by atoms with Gasteiger partial charge in [-0.3, -0.25) is 4.79 Å². The van der Waals surface area contributed by atoms with Crippen molar-refractivity contribution in [2.45, 2.75) is 32.2 Å². The van der Waals surface area contributed by atoms with Gasteiger partial charge in [0.1, 0.15) is 0 Å². The van der Waals surface area contributed by atoms with Gasteiger partial charge in [-0.2, -0.15) is 0 Å². The summed E-state index contributed by atoms with van der Waals surface area (Å²) in [5.41, 5.74) is 1.47. The highest BCUT2D eigenvalue weighted by Gasteiger charge is 2.28. The molecule has 0 heterocycles. The predicted molar refractivity (Wildman–Crippen MR) is 75.5 cm³/mol. The van der Waals surface area contributed by atoms with Crippen molar-refractivity contribution in [2.75, 3.05) is 5.88 Å². The summed E-state index contributed by atoms with van der Waals surface area (Å²) in [6.45, 7) is 1.90. The van der Waals surface area contributed by atoms with Gasteiger partial charge in [-0.25, -0.2) is 0 Å². The van der Waals surface area contributed by atoms with E-state index in [1.54, 1.807) is 6.07 Å². The third kappa shape index (κ3) is 2.81. The van der Waals surface area contributed by atoms with Crippen molar-refractivity contribution in [2.24, 2.45) is 5.92 Å². The number of carbonyl (C=O) groups excluding carboxylic acids is 1. The molecule has 0 saturated heterocycles. The Labute approximate surface area is 118 Å². The number of halogens is 2. The van der Waals surface area contributed by atoms with Crippen LogP contribution in [0.4, 0.5) is 0 Å². The van der Waals surface area contributed by atoms with Gasteiger partial charge in [0.05, 0.1) is 10.6 Å². The highest BCUT2D eigenvalue weighted by atomic mass is 35.5. The molecular weight excluding hydrogens is 269 g/mol. The molecule has 1 N–H and O–H groups in total. The second kappa shape index (κ2) is 5.94. The lowest BCUT2D eigenvalue weighted by atomic mass is 10.1. The molecule has 1 aromatic rings. The SMILES string of the molecule is Cc1cccc(C(=O)NC2CCCC2CCl)c1Cl. The molecule has 0 spiro atoms. The lowest BCUT2D eigenvalue weighted by Gasteiger charge is -2.19. The fourth-order valence-electron chi connectivity index (χ4n) is 2.48. The summed E-state index contributed by atoms with van der Waals surface area (Å²) in [5, 5.41) is 3.59. The van der Waals surface area contributed by atoms with E-state index in [0.29, 0.717) is 22.4 Å². The molecule has 1 aromatic carbocycles. The van der Waals surface area contributed by atoms with Crippen LogP contribution in [0.5, 0.6) is 0 Å². The highest BCUT2D eigenvalue weighted by Crippen LogP contribution is 2.27. The van der Waals surface area contributed by atoms with Crippen molar-refractivity contribution in [3.8, 4) is 0 Å². The summed E-state index contributed by atoms with van der Waals surface area (Å²) in [7, 11) is 0. The third-order valence-corrected chi connectivity index (χ3v) is 4.51. The van der Waals surface area contributed by atoms with Crippen LogP contribution in [0, 0.1) is 12.8 Å². The Kier molecular flexibility index (Phi) is 4.52. The van der Waals surface area contributed by atoms with Gasteiger partial charge in [-0.1, -0.05) is 30.2 Å². The Morgan fingerprint density at radius 3 is 2.94 bits per heavy atom. The quantitative estimate of drug-likeness (QED) is 0.842. The summed E-state index contributed by atoms with van der Waals surface area (Å²) in [5.74, 6) is 0.900. The minimum absolute atomic E-state index is 0.0919. The zero-order valence-corrected chi connectivity index (χ0v) is 11.9. The first-order valence-corrected chi connectivity index (χ1v) is 7.16. The lowest BCUT2D eigenvalue weighted by Crippen LogP contribution is -2.38. The van der Waals surface area contributed by atoms with Gasteiger partial charge >= 0.3 is 0 Å². The minimum Gasteiger partial charge on any atom is -0.349 e. The third-order valence-electron chi connectivity index (χ3n) is 3.61. The molecule has 2 atom stereocenters. The molecule has 0 aliphatic heterocycles. The number of carbonyl (C=O) groups is 1. The van der Waals surface area contributed by atoms with Crippen LogP contribution in [-0.4, -0.2) is 17.8 Å². The van der Waals surface area contributed by atoms with Crippen LogP contribution in [0.3, 0.4) is 0 Å². The predicted octanol–water partition coefficient (Wildman–Crippen LogP) is 3.79. The fraction of sp³-hybridized carbons (Fsp3) is 0.500. The molecular formula is C14H17Cl2NO. The Hall–Kier alpha value is -0.730. The summed E-state index contributed by atoms with van der Waals surface area (Å²) in [6.07, 6.45) is 3.23. The van der Waals surface area contributed by atoms with Gasteiger partial charge in [-0.15, -0.1) is 11.6 Å². The van der Waals surface area contributed by atoms with E-state index in [2.05, 4.69) is 5.32 Å². The molecule has 2 nitrogen and oxygen atoms in total. The number of hydrogen-bond donors (Lipinski definition) is 1. The van der Waals surface area contributed by atoms with E-state index < -0.39 is 0 Å². The summed E-state index contributed by atoms with van der Waals surface area (Å²) < 4.78 is 0. The fourth-order valence-corrected chi connectivity index (χ4v) is 3.06. The van der Waals surface area contributed by atoms with Crippen LogP contribution < -0.4 is 5.32 Å². The van der Waals surface area contributed by atoms with Crippen molar-refractivity contribution in [3.05, 3.63) is 34.3 Å². The lowest BCUT2D eigenvalue weighted by molar-refractivity contribution is 0.0930. The molecule has 2 unspecified atom stereocenters. The molecule has 1 saturated carbocycles. The smallest absolute Gasteiger partial charge is 0.253 e. The van der Waals surface area contributed by atoms with E-state index in [9.17, 15) is 4.79 Å². The van der Waals surface area contributed by atoms with E-state index in [1.165, 1.54) is 0 Å². The standard InChI is InChI=1S/C14H17Cl2NO/c1-9-4-2-6-11(13(9)16)14(18)17-12-7-3-5-10(12)8-15/h2,4,6,10,12H,3,5,7-8H2,1H3,(H,17,18). The number of rotatable bonds is 3.